The first-order valence-corrected chi connectivity index (χ1v) is 6.97. The maximum absolute atomic E-state index is 10.3. The Hall–Kier alpha value is -2.21. The molecule has 0 unspecified atom stereocenters. The van der Waals surface area contributed by atoms with E-state index in [9.17, 15) is 5.11 Å². The summed E-state index contributed by atoms with van der Waals surface area (Å²) in [6.07, 6.45) is 6.18. The van der Waals surface area contributed by atoms with Crippen molar-refractivity contribution < 1.29 is 9.84 Å². The molecular weight excluding hydrogens is 268 g/mol. The minimum absolute atomic E-state index is 0.00574. The van der Waals surface area contributed by atoms with Crippen LogP contribution in [0.3, 0.4) is 0 Å². The molecule has 0 aromatic carbocycles. The summed E-state index contributed by atoms with van der Waals surface area (Å²) in [6, 6.07) is 5.73. The topological polar surface area (TPSA) is 71.4 Å². The van der Waals surface area contributed by atoms with Crippen molar-refractivity contribution in [2.75, 3.05) is 18.6 Å². The number of aliphatic hydroxyl groups excluding tert-OH is 1. The lowest BCUT2D eigenvalue weighted by Crippen LogP contribution is -2.37. The van der Waals surface area contributed by atoms with Crippen LogP contribution in [0.25, 0.3) is 0 Å². The number of nitrogens with zero attached hydrogens (tertiary/aromatic N) is 4. The summed E-state index contributed by atoms with van der Waals surface area (Å²) in [5, 5.41) is 10.3. The number of aliphatic hydroxyl groups is 1. The van der Waals surface area contributed by atoms with Gasteiger partial charge in [-0.1, -0.05) is 6.07 Å². The number of hydrogen-bond donors (Lipinski definition) is 1. The van der Waals surface area contributed by atoms with Crippen LogP contribution in [-0.2, 0) is 6.42 Å². The molecule has 1 fully saturated rings. The van der Waals surface area contributed by atoms with Crippen molar-refractivity contribution in [3.05, 3.63) is 42.5 Å². The minimum Gasteiger partial charge on any atom is -0.481 e. The van der Waals surface area contributed by atoms with Gasteiger partial charge in [0.25, 0.3) is 0 Å². The van der Waals surface area contributed by atoms with Crippen molar-refractivity contribution in [1.29, 1.82) is 0 Å². The molecule has 1 aliphatic rings. The molecule has 0 saturated carbocycles. The Kier molecular flexibility index (Phi) is 3.96. The Labute approximate surface area is 123 Å². The van der Waals surface area contributed by atoms with Crippen LogP contribution in [0.2, 0.25) is 0 Å². The van der Waals surface area contributed by atoms with Gasteiger partial charge in [-0.15, -0.1) is 0 Å². The summed E-state index contributed by atoms with van der Waals surface area (Å²) in [5.74, 6) is 1.31. The van der Waals surface area contributed by atoms with Gasteiger partial charge in [-0.05, 0) is 24.5 Å². The highest BCUT2D eigenvalue weighted by Gasteiger charge is 2.33. The molecule has 0 amide bonds. The van der Waals surface area contributed by atoms with Crippen LogP contribution < -0.4 is 9.64 Å². The second-order valence-electron chi connectivity index (χ2n) is 5.10. The van der Waals surface area contributed by atoms with E-state index in [0.29, 0.717) is 5.88 Å². The van der Waals surface area contributed by atoms with E-state index in [1.807, 2.05) is 18.3 Å². The fourth-order valence-electron chi connectivity index (χ4n) is 2.73. The summed E-state index contributed by atoms with van der Waals surface area (Å²) in [4.78, 5) is 14.6. The van der Waals surface area contributed by atoms with E-state index in [4.69, 9.17) is 4.74 Å². The number of ether oxygens (including phenoxy) is 1. The number of rotatable bonds is 4. The van der Waals surface area contributed by atoms with Gasteiger partial charge in [0.2, 0.25) is 5.88 Å². The van der Waals surface area contributed by atoms with E-state index in [-0.39, 0.29) is 12.1 Å². The average molecular weight is 286 g/mol. The van der Waals surface area contributed by atoms with Gasteiger partial charge in [-0.3, -0.25) is 4.98 Å². The third-order valence-electron chi connectivity index (χ3n) is 3.81. The average Bonchev–Trinajstić information content (AvgIpc) is 2.89. The van der Waals surface area contributed by atoms with Gasteiger partial charge in [-0.25, -0.2) is 9.97 Å². The van der Waals surface area contributed by atoms with Crippen LogP contribution in [0.1, 0.15) is 12.0 Å². The van der Waals surface area contributed by atoms with E-state index in [0.717, 1.165) is 30.8 Å². The van der Waals surface area contributed by atoms with Gasteiger partial charge >= 0.3 is 0 Å². The molecular formula is C15H18N4O2. The van der Waals surface area contributed by atoms with Crippen molar-refractivity contribution in [2.24, 2.45) is 0 Å². The predicted octanol–water partition coefficient (Wildman–Crippen LogP) is 1.06. The van der Waals surface area contributed by atoms with E-state index < -0.39 is 0 Å². The first-order chi connectivity index (χ1) is 10.3. The predicted molar refractivity (Wildman–Crippen MR) is 78.3 cm³/mol. The highest BCUT2D eigenvalue weighted by Crippen LogP contribution is 2.27. The molecule has 1 aliphatic heterocycles. The van der Waals surface area contributed by atoms with E-state index in [1.165, 1.54) is 6.33 Å². The summed E-state index contributed by atoms with van der Waals surface area (Å²) < 4.78 is 5.14. The van der Waals surface area contributed by atoms with Crippen LogP contribution in [0.15, 0.2) is 36.9 Å². The molecule has 0 bridgehead atoms. The molecule has 2 aromatic heterocycles. The molecule has 21 heavy (non-hydrogen) atoms. The smallest absolute Gasteiger partial charge is 0.218 e. The van der Waals surface area contributed by atoms with Crippen molar-refractivity contribution in [3.63, 3.8) is 0 Å². The van der Waals surface area contributed by atoms with Gasteiger partial charge in [-0.2, -0.15) is 0 Å². The Morgan fingerprint density at radius 3 is 3.10 bits per heavy atom. The second-order valence-corrected chi connectivity index (χ2v) is 5.10. The third-order valence-corrected chi connectivity index (χ3v) is 3.81. The molecule has 0 aliphatic carbocycles. The lowest BCUT2D eigenvalue weighted by Gasteiger charge is -2.27. The van der Waals surface area contributed by atoms with E-state index in [1.54, 1.807) is 19.4 Å². The zero-order valence-electron chi connectivity index (χ0n) is 11.9. The van der Waals surface area contributed by atoms with Gasteiger partial charge < -0.3 is 14.7 Å². The summed E-state index contributed by atoms with van der Waals surface area (Å²) >= 11 is 0. The lowest BCUT2D eigenvalue weighted by atomic mass is 10.0. The van der Waals surface area contributed by atoms with Gasteiger partial charge in [0.15, 0.2) is 0 Å². The largest absolute Gasteiger partial charge is 0.481 e. The number of hydrogen-bond acceptors (Lipinski definition) is 6. The SMILES string of the molecule is COc1cc(N2CC[C@@H](O)[C@H]2Cc2cccnc2)ncn1. The molecule has 2 atom stereocenters. The lowest BCUT2D eigenvalue weighted by molar-refractivity contribution is 0.164. The highest BCUT2D eigenvalue weighted by atomic mass is 16.5. The van der Waals surface area contributed by atoms with Crippen LogP contribution >= 0.6 is 0 Å². The van der Waals surface area contributed by atoms with Crippen LogP contribution in [0.5, 0.6) is 5.88 Å². The molecule has 6 nitrogen and oxygen atoms in total. The maximum atomic E-state index is 10.3. The Morgan fingerprint density at radius 2 is 2.33 bits per heavy atom. The standard InChI is InChI=1S/C15H18N4O2/c1-21-15-8-14(17-10-18-15)19-6-4-13(20)12(19)7-11-3-2-5-16-9-11/h2-3,5,8-10,12-13,20H,4,6-7H2,1H3/t12-,13-/m1/s1. The maximum Gasteiger partial charge on any atom is 0.218 e. The van der Waals surface area contributed by atoms with E-state index >= 15 is 0 Å². The fraction of sp³-hybridized carbons (Fsp3) is 0.400. The normalized spacial score (nSPS) is 21.5. The monoisotopic (exact) mass is 286 g/mol. The Morgan fingerprint density at radius 1 is 1.43 bits per heavy atom. The quantitative estimate of drug-likeness (QED) is 0.906. The number of anilines is 1. The Bertz CT molecular complexity index is 593. The molecule has 1 N–H and O–H groups in total. The third kappa shape index (κ3) is 2.95. The number of aromatic nitrogens is 3. The zero-order valence-corrected chi connectivity index (χ0v) is 11.9. The van der Waals surface area contributed by atoms with Crippen LogP contribution in [0, 0.1) is 0 Å². The first kappa shape index (κ1) is 13.8. The minimum atomic E-state index is -0.369. The van der Waals surface area contributed by atoms with Crippen molar-refractivity contribution in [1.82, 2.24) is 15.0 Å². The molecule has 110 valence electrons. The molecule has 6 heteroatoms. The molecule has 3 heterocycles. The molecule has 0 spiro atoms. The second kappa shape index (κ2) is 6.05. The van der Waals surface area contributed by atoms with Crippen molar-refractivity contribution in [2.45, 2.75) is 25.0 Å². The molecule has 0 radical (unpaired) electrons. The van der Waals surface area contributed by atoms with Crippen LogP contribution in [0.4, 0.5) is 5.82 Å². The molecule has 3 rings (SSSR count). The molecule has 1 saturated heterocycles. The summed E-state index contributed by atoms with van der Waals surface area (Å²) in [7, 11) is 1.58. The number of methoxy groups -OCH3 is 1. The zero-order chi connectivity index (χ0) is 14.7. The Balaban J connectivity index is 1.83. The van der Waals surface area contributed by atoms with E-state index in [2.05, 4.69) is 19.9 Å². The fourth-order valence-corrected chi connectivity index (χ4v) is 2.73. The van der Waals surface area contributed by atoms with Gasteiger partial charge in [0.05, 0.1) is 19.3 Å². The van der Waals surface area contributed by atoms with Crippen LogP contribution in [-0.4, -0.2) is 45.9 Å². The van der Waals surface area contributed by atoms with Crippen molar-refractivity contribution in [3.8, 4) is 5.88 Å². The van der Waals surface area contributed by atoms with Gasteiger partial charge in [0, 0.05) is 25.0 Å². The molecule has 2 aromatic rings. The highest BCUT2D eigenvalue weighted by molar-refractivity contribution is 5.44. The first-order valence-electron chi connectivity index (χ1n) is 6.97. The van der Waals surface area contributed by atoms with Gasteiger partial charge in [0.1, 0.15) is 12.1 Å². The number of pyridine rings is 1. The summed E-state index contributed by atoms with van der Waals surface area (Å²) in [6.45, 7) is 0.770. The summed E-state index contributed by atoms with van der Waals surface area (Å²) in [5.41, 5.74) is 1.11. The van der Waals surface area contributed by atoms with Crippen molar-refractivity contribution >= 4 is 5.82 Å².